The molecular weight excluding hydrogens is 306 g/mol. The van der Waals surface area contributed by atoms with Gasteiger partial charge in [-0.3, -0.25) is 0 Å². The molecule has 0 atom stereocenters. The van der Waals surface area contributed by atoms with Crippen molar-refractivity contribution in [2.75, 3.05) is 20.6 Å². The Morgan fingerprint density at radius 2 is 2.00 bits per heavy atom. The maximum Gasteiger partial charge on any atom is 0.345 e. The minimum Gasteiger partial charge on any atom is -0.477 e. The molecule has 0 saturated carbocycles. The number of carbonyl (C=O) groups is 1. The van der Waals surface area contributed by atoms with Crippen molar-refractivity contribution in [3.63, 3.8) is 0 Å². The van der Waals surface area contributed by atoms with Crippen LogP contribution in [-0.2, 0) is 12.8 Å². The topological polar surface area (TPSA) is 40.5 Å². The average molecular weight is 327 g/mol. The lowest BCUT2D eigenvalue weighted by Gasteiger charge is -2.11. The van der Waals surface area contributed by atoms with Crippen LogP contribution < -0.4 is 0 Å². The highest BCUT2D eigenvalue weighted by Gasteiger charge is 2.22. The number of aryl methyl sites for hydroxylation is 2. The Bertz CT molecular complexity index is 758. The Kier molecular flexibility index (Phi) is 4.64. The van der Waals surface area contributed by atoms with Gasteiger partial charge in [-0.15, -0.1) is 11.3 Å². The first-order valence-corrected chi connectivity index (χ1v) is 8.67. The fraction of sp³-hybridized carbons (Fsp3) is 0.316. The van der Waals surface area contributed by atoms with Crippen LogP contribution in [0.25, 0.3) is 5.57 Å². The summed E-state index contributed by atoms with van der Waals surface area (Å²) in [6, 6.07) is 10.3. The lowest BCUT2D eigenvalue weighted by atomic mass is 9.98. The molecule has 1 aromatic heterocycles. The van der Waals surface area contributed by atoms with Gasteiger partial charge in [-0.05, 0) is 61.7 Å². The minimum atomic E-state index is -0.830. The maximum absolute atomic E-state index is 11.3. The van der Waals surface area contributed by atoms with E-state index in [4.69, 9.17) is 0 Å². The first-order valence-electron chi connectivity index (χ1n) is 7.86. The van der Waals surface area contributed by atoms with E-state index in [1.165, 1.54) is 33.6 Å². The molecule has 1 N–H and O–H groups in total. The SMILES string of the molecule is CN(C)CCC=C1c2ccccc2CCc2cc(C(=O)O)sc21. The molecule has 1 heterocycles. The number of hydrogen-bond donors (Lipinski definition) is 1. The molecule has 23 heavy (non-hydrogen) atoms. The largest absolute Gasteiger partial charge is 0.477 e. The van der Waals surface area contributed by atoms with Crippen LogP contribution in [0.2, 0.25) is 0 Å². The van der Waals surface area contributed by atoms with E-state index in [0.29, 0.717) is 4.88 Å². The van der Waals surface area contributed by atoms with E-state index >= 15 is 0 Å². The average Bonchev–Trinajstić information content (AvgIpc) is 2.88. The third-order valence-electron chi connectivity index (χ3n) is 4.16. The lowest BCUT2D eigenvalue weighted by molar-refractivity contribution is 0.0702. The Balaban J connectivity index is 2.08. The van der Waals surface area contributed by atoms with Gasteiger partial charge < -0.3 is 10.0 Å². The molecule has 1 aliphatic carbocycles. The number of hydrogen-bond acceptors (Lipinski definition) is 3. The first kappa shape index (κ1) is 16.0. The van der Waals surface area contributed by atoms with Gasteiger partial charge in [-0.25, -0.2) is 4.79 Å². The Morgan fingerprint density at radius 3 is 2.74 bits per heavy atom. The van der Waals surface area contributed by atoms with E-state index in [0.717, 1.165) is 30.7 Å². The normalized spacial score (nSPS) is 15.3. The summed E-state index contributed by atoms with van der Waals surface area (Å²) in [5.74, 6) is -0.830. The Hall–Kier alpha value is -1.91. The van der Waals surface area contributed by atoms with Crippen molar-refractivity contribution in [2.24, 2.45) is 0 Å². The number of aromatic carboxylic acids is 1. The van der Waals surface area contributed by atoms with Gasteiger partial charge in [-0.1, -0.05) is 30.3 Å². The van der Waals surface area contributed by atoms with Gasteiger partial charge in [0.25, 0.3) is 0 Å². The van der Waals surface area contributed by atoms with E-state index in [1.54, 1.807) is 0 Å². The third kappa shape index (κ3) is 3.38. The Morgan fingerprint density at radius 1 is 1.26 bits per heavy atom. The molecule has 4 heteroatoms. The zero-order valence-electron chi connectivity index (χ0n) is 13.5. The van der Waals surface area contributed by atoms with Crippen LogP contribution in [0.5, 0.6) is 0 Å². The highest BCUT2D eigenvalue weighted by Crippen LogP contribution is 2.38. The van der Waals surface area contributed by atoms with Crippen molar-refractivity contribution in [2.45, 2.75) is 19.3 Å². The molecule has 1 aromatic carbocycles. The lowest BCUT2D eigenvalue weighted by Crippen LogP contribution is -2.12. The highest BCUT2D eigenvalue weighted by molar-refractivity contribution is 7.15. The molecule has 0 radical (unpaired) electrons. The van der Waals surface area contributed by atoms with Gasteiger partial charge in [0, 0.05) is 11.4 Å². The smallest absolute Gasteiger partial charge is 0.345 e. The van der Waals surface area contributed by atoms with E-state index in [2.05, 4.69) is 49.3 Å². The molecule has 0 aliphatic heterocycles. The van der Waals surface area contributed by atoms with Gasteiger partial charge in [0.2, 0.25) is 0 Å². The number of nitrogens with zero attached hydrogens (tertiary/aromatic N) is 1. The van der Waals surface area contributed by atoms with Gasteiger partial charge in [0.1, 0.15) is 4.88 Å². The summed E-state index contributed by atoms with van der Waals surface area (Å²) >= 11 is 1.41. The summed E-state index contributed by atoms with van der Waals surface area (Å²) in [5.41, 5.74) is 4.97. The van der Waals surface area contributed by atoms with Crippen molar-refractivity contribution < 1.29 is 9.90 Å². The fourth-order valence-corrected chi connectivity index (χ4v) is 4.11. The second-order valence-corrected chi connectivity index (χ2v) is 7.19. The fourth-order valence-electron chi connectivity index (χ4n) is 3.01. The van der Waals surface area contributed by atoms with Gasteiger partial charge >= 0.3 is 5.97 Å². The number of thiophene rings is 1. The number of carboxylic acids is 1. The summed E-state index contributed by atoms with van der Waals surface area (Å²) in [4.78, 5) is 15.1. The molecule has 0 unspecified atom stereocenters. The maximum atomic E-state index is 11.3. The van der Waals surface area contributed by atoms with Crippen molar-refractivity contribution in [3.05, 3.63) is 62.9 Å². The first-order chi connectivity index (χ1) is 11.1. The van der Waals surface area contributed by atoms with Crippen molar-refractivity contribution in [1.29, 1.82) is 0 Å². The number of rotatable bonds is 4. The zero-order valence-corrected chi connectivity index (χ0v) is 14.3. The molecule has 1 aliphatic rings. The van der Waals surface area contributed by atoms with Gasteiger partial charge in [0.15, 0.2) is 0 Å². The highest BCUT2D eigenvalue weighted by atomic mass is 32.1. The van der Waals surface area contributed by atoms with Gasteiger partial charge in [0.05, 0.1) is 0 Å². The van der Waals surface area contributed by atoms with Gasteiger partial charge in [-0.2, -0.15) is 0 Å². The molecule has 120 valence electrons. The quantitative estimate of drug-likeness (QED) is 0.925. The second-order valence-electron chi connectivity index (χ2n) is 6.14. The summed E-state index contributed by atoms with van der Waals surface area (Å²) in [7, 11) is 4.14. The van der Waals surface area contributed by atoms with Crippen LogP contribution in [0.15, 0.2) is 36.4 Å². The predicted molar refractivity (Wildman–Crippen MR) is 95.4 cm³/mol. The third-order valence-corrected chi connectivity index (χ3v) is 5.36. The summed E-state index contributed by atoms with van der Waals surface area (Å²) in [6.07, 6.45) is 5.09. The van der Waals surface area contributed by atoms with Crippen LogP contribution in [0.4, 0.5) is 0 Å². The molecule has 0 amide bonds. The molecule has 2 aromatic rings. The second kappa shape index (κ2) is 6.69. The van der Waals surface area contributed by atoms with Crippen LogP contribution in [-0.4, -0.2) is 36.6 Å². The minimum absolute atomic E-state index is 0.438. The summed E-state index contributed by atoms with van der Waals surface area (Å²) in [5, 5.41) is 9.32. The van der Waals surface area contributed by atoms with E-state index in [-0.39, 0.29) is 0 Å². The number of benzene rings is 1. The molecular formula is C19H21NO2S. The van der Waals surface area contributed by atoms with E-state index < -0.39 is 5.97 Å². The standard InChI is InChI=1S/C19H21NO2S/c1-20(2)11-5-8-16-15-7-4-3-6-13(15)9-10-14-12-17(19(21)22)23-18(14)16/h3-4,6-8,12H,5,9-11H2,1-2H3,(H,21,22). The Labute approximate surface area is 140 Å². The van der Waals surface area contributed by atoms with Crippen LogP contribution in [0, 0.1) is 0 Å². The van der Waals surface area contributed by atoms with Crippen molar-refractivity contribution in [3.8, 4) is 0 Å². The molecule has 3 nitrogen and oxygen atoms in total. The van der Waals surface area contributed by atoms with Crippen molar-refractivity contribution in [1.82, 2.24) is 4.90 Å². The number of fused-ring (bicyclic) bond motifs is 2. The van der Waals surface area contributed by atoms with Crippen LogP contribution in [0.3, 0.4) is 0 Å². The van der Waals surface area contributed by atoms with Crippen LogP contribution in [0.1, 0.15) is 37.7 Å². The van der Waals surface area contributed by atoms with E-state index in [9.17, 15) is 9.90 Å². The van der Waals surface area contributed by atoms with Crippen LogP contribution >= 0.6 is 11.3 Å². The zero-order chi connectivity index (χ0) is 16.4. The predicted octanol–water partition coefficient (Wildman–Crippen LogP) is 3.93. The molecule has 0 saturated heterocycles. The molecule has 0 fully saturated rings. The molecule has 0 bridgehead atoms. The van der Waals surface area contributed by atoms with E-state index in [1.807, 2.05) is 6.07 Å². The summed E-state index contributed by atoms with van der Waals surface area (Å²) < 4.78 is 0. The van der Waals surface area contributed by atoms with Crippen molar-refractivity contribution >= 4 is 22.9 Å². The molecule has 3 rings (SSSR count). The summed E-state index contributed by atoms with van der Waals surface area (Å²) in [6.45, 7) is 0.984. The monoisotopic (exact) mass is 327 g/mol. The molecule has 0 spiro atoms. The number of carboxylic acid groups (broad SMARTS) is 1.